The van der Waals surface area contributed by atoms with Crippen LogP contribution in [-0.2, 0) is 19.7 Å². The first kappa shape index (κ1) is 17.5. The molecule has 1 aromatic carbocycles. The van der Waals surface area contributed by atoms with Gasteiger partial charge in [0.2, 0.25) is 0 Å². The molecule has 0 spiro atoms. The van der Waals surface area contributed by atoms with E-state index in [1.54, 1.807) is 0 Å². The molecule has 1 amide bonds. The van der Waals surface area contributed by atoms with Gasteiger partial charge in [-0.25, -0.2) is 0 Å². The van der Waals surface area contributed by atoms with Gasteiger partial charge in [0.15, 0.2) is 6.29 Å². The molecule has 0 aliphatic carbocycles. The molecule has 0 unspecified atom stereocenters. The predicted octanol–water partition coefficient (Wildman–Crippen LogP) is 1.47. The Hall–Kier alpha value is -1.51. The van der Waals surface area contributed by atoms with Gasteiger partial charge in [-0.05, 0) is 38.1 Å². The zero-order valence-electron chi connectivity index (χ0n) is 11.8. The van der Waals surface area contributed by atoms with Crippen LogP contribution >= 0.6 is 0 Å². The van der Waals surface area contributed by atoms with Gasteiger partial charge >= 0.3 is 10.2 Å². The first-order valence-electron chi connectivity index (χ1n) is 6.44. The Morgan fingerprint density at radius 2 is 1.71 bits per heavy atom. The maximum Gasteiger partial charge on any atom is 0.332 e. The summed E-state index contributed by atoms with van der Waals surface area (Å²) < 4.78 is 44.6. The number of halogens is 1. The number of nitrogens with one attached hydrogen (secondary N) is 1. The van der Waals surface area contributed by atoms with Gasteiger partial charge in [-0.2, -0.15) is 8.42 Å². The van der Waals surface area contributed by atoms with Crippen LogP contribution in [0.4, 0.5) is 3.89 Å². The largest absolute Gasteiger partial charge is 0.351 e. The Kier molecular flexibility index (Phi) is 6.73. The third kappa shape index (κ3) is 5.78. The number of benzene rings is 1. The lowest BCUT2D eigenvalue weighted by atomic mass is 10.2. The summed E-state index contributed by atoms with van der Waals surface area (Å²) in [6.45, 7) is 4.67. The van der Waals surface area contributed by atoms with E-state index in [4.69, 9.17) is 9.47 Å². The number of hydrogen-bond donors (Lipinski definition) is 1. The highest BCUT2D eigenvalue weighted by Crippen LogP contribution is 2.13. The molecule has 0 bridgehead atoms. The highest BCUT2D eigenvalue weighted by Gasteiger charge is 2.14. The Labute approximate surface area is 123 Å². The SMILES string of the molecule is CCOC(CNC(=O)c1ccc(S(=O)(=O)F)cc1)OCC. The zero-order chi connectivity index (χ0) is 15.9. The van der Waals surface area contributed by atoms with Crippen LogP contribution in [-0.4, -0.2) is 40.4 Å². The van der Waals surface area contributed by atoms with E-state index in [9.17, 15) is 17.1 Å². The third-order valence-corrected chi connectivity index (χ3v) is 3.37. The molecule has 0 fully saturated rings. The van der Waals surface area contributed by atoms with Crippen molar-refractivity contribution in [1.29, 1.82) is 0 Å². The smallest absolute Gasteiger partial charge is 0.332 e. The van der Waals surface area contributed by atoms with Crippen molar-refractivity contribution in [2.75, 3.05) is 19.8 Å². The van der Waals surface area contributed by atoms with E-state index in [-0.39, 0.29) is 12.1 Å². The van der Waals surface area contributed by atoms with Gasteiger partial charge in [0, 0.05) is 18.8 Å². The van der Waals surface area contributed by atoms with E-state index in [2.05, 4.69) is 5.32 Å². The molecule has 0 radical (unpaired) electrons. The van der Waals surface area contributed by atoms with E-state index in [0.29, 0.717) is 13.2 Å². The molecule has 0 saturated heterocycles. The molecule has 1 aromatic rings. The minimum atomic E-state index is -4.76. The Bertz CT molecular complexity index is 552. The highest BCUT2D eigenvalue weighted by molar-refractivity contribution is 7.86. The molecule has 21 heavy (non-hydrogen) atoms. The molecule has 0 aliphatic rings. The second kappa shape index (κ2) is 8.06. The zero-order valence-corrected chi connectivity index (χ0v) is 12.7. The lowest BCUT2D eigenvalue weighted by Crippen LogP contribution is -2.35. The molecule has 118 valence electrons. The van der Waals surface area contributed by atoms with Crippen LogP contribution in [0, 0.1) is 0 Å². The van der Waals surface area contributed by atoms with Crippen molar-refractivity contribution < 1.29 is 26.6 Å². The van der Waals surface area contributed by atoms with Gasteiger partial charge in [-0.3, -0.25) is 4.79 Å². The van der Waals surface area contributed by atoms with Crippen LogP contribution in [0.5, 0.6) is 0 Å². The van der Waals surface area contributed by atoms with Gasteiger partial charge in [-0.1, -0.05) is 0 Å². The topological polar surface area (TPSA) is 81.7 Å². The molecular formula is C13H18FNO5S. The van der Waals surface area contributed by atoms with Crippen LogP contribution < -0.4 is 5.32 Å². The quantitative estimate of drug-likeness (QED) is 0.580. The van der Waals surface area contributed by atoms with Crippen molar-refractivity contribution in [1.82, 2.24) is 5.32 Å². The number of carbonyl (C=O) groups excluding carboxylic acids is 1. The summed E-state index contributed by atoms with van der Waals surface area (Å²) in [4.78, 5) is 11.4. The average Bonchev–Trinajstić information content (AvgIpc) is 2.44. The van der Waals surface area contributed by atoms with E-state index >= 15 is 0 Å². The standard InChI is InChI=1S/C13H18FNO5S/c1-3-19-12(20-4-2)9-15-13(16)10-5-7-11(8-6-10)21(14,17)18/h5-8,12H,3-4,9H2,1-2H3,(H,15,16). The average molecular weight is 319 g/mol. The summed E-state index contributed by atoms with van der Waals surface area (Å²) >= 11 is 0. The molecule has 0 aromatic heterocycles. The number of rotatable bonds is 8. The minimum absolute atomic E-state index is 0.156. The molecular weight excluding hydrogens is 301 g/mol. The van der Waals surface area contributed by atoms with E-state index in [1.165, 1.54) is 12.1 Å². The lowest BCUT2D eigenvalue weighted by molar-refractivity contribution is -0.131. The monoisotopic (exact) mass is 319 g/mol. The van der Waals surface area contributed by atoms with Crippen LogP contribution in [0.1, 0.15) is 24.2 Å². The fourth-order valence-corrected chi connectivity index (χ4v) is 2.05. The summed E-state index contributed by atoms with van der Waals surface area (Å²) in [6, 6.07) is 4.54. The second-order valence-corrected chi connectivity index (χ2v) is 5.36. The fourth-order valence-electron chi connectivity index (χ4n) is 1.58. The van der Waals surface area contributed by atoms with Crippen molar-refractivity contribution in [3.8, 4) is 0 Å². The minimum Gasteiger partial charge on any atom is -0.351 e. The Morgan fingerprint density at radius 3 is 2.14 bits per heavy atom. The van der Waals surface area contributed by atoms with Crippen molar-refractivity contribution in [3.63, 3.8) is 0 Å². The maximum absolute atomic E-state index is 12.7. The van der Waals surface area contributed by atoms with Gasteiger partial charge in [-0.15, -0.1) is 3.89 Å². The van der Waals surface area contributed by atoms with E-state index in [1.807, 2.05) is 13.8 Å². The van der Waals surface area contributed by atoms with Crippen molar-refractivity contribution >= 4 is 16.1 Å². The normalized spacial score (nSPS) is 11.6. The molecule has 8 heteroatoms. The van der Waals surface area contributed by atoms with E-state index in [0.717, 1.165) is 12.1 Å². The molecule has 0 atom stereocenters. The first-order chi connectivity index (χ1) is 9.88. The highest BCUT2D eigenvalue weighted by atomic mass is 32.3. The number of carbonyl (C=O) groups is 1. The number of ether oxygens (including phenoxy) is 2. The van der Waals surface area contributed by atoms with Crippen LogP contribution in [0.3, 0.4) is 0 Å². The summed E-state index contributed by atoms with van der Waals surface area (Å²) in [5, 5.41) is 2.59. The van der Waals surface area contributed by atoms with Crippen LogP contribution in [0.15, 0.2) is 29.2 Å². The van der Waals surface area contributed by atoms with Gasteiger partial charge in [0.05, 0.1) is 11.4 Å². The fraction of sp³-hybridized carbons (Fsp3) is 0.462. The molecule has 6 nitrogen and oxygen atoms in total. The second-order valence-electron chi connectivity index (χ2n) is 4.01. The molecule has 0 saturated carbocycles. The van der Waals surface area contributed by atoms with Crippen molar-refractivity contribution in [2.45, 2.75) is 25.0 Å². The summed E-state index contributed by atoms with van der Waals surface area (Å²) in [5.41, 5.74) is 0.217. The summed E-state index contributed by atoms with van der Waals surface area (Å²) in [6.07, 6.45) is -0.547. The molecule has 0 aliphatic heterocycles. The maximum atomic E-state index is 12.7. The van der Waals surface area contributed by atoms with Crippen LogP contribution in [0.25, 0.3) is 0 Å². The van der Waals surface area contributed by atoms with Crippen LogP contribution in [0.2, 0.25) is 0 Å². The van der Waals surface area contributed by atoms with Crippen molar-refractivity contribution in [3.05, 3.63) is 29.8 Å². The number of amides is 1. The van der Waals surface area contributed by atoms with Gasteiger partial charge in [0.25, 0.3) is 5.91 Å². The van der Waals surface area contributed by atoms with Crippen molar-refractivity contribution in [2.24, 2.45) is 0 Å². The molecule has 1 N–H and O–H groups in total. The Morgan fingerprint density at radius 1 is 1.19 bits per heavy atom. The number of hydrogen-bond acceptors (Lipinski definition) is 5. The van der Waals surface area contributed by atoms with Gasteiger partial charge in [0.1, 0.15) is 0 Å². The Balaban J connectivity index is 2.63. The van der Waals surface area contributed by atoms with Gasteiger partial charge < -0.3 is 14.8 Å². The molecule has 0 heterocycles. The summed E-state index contributed by atoms with van der Waals surface area (Å²) in [7, 11) is -4.76. The lowest BCUT2D eigenvalue weighted by Gasteiger charge is -2.17. The van der Waals surface area contributed by atoms with E-state index < -0.39 is 27.3 Å². The molecule has 1 rings (SSSR count). The summed E-state index contributed by atoms with van der Waals surface area (Å²) in [5.74, 6) is -0.429. The first-order valence-corrected chi connectivity index (χ1v) is 7.83. The predicted molar refractivity (Wildman–Crippen MR) is 74.1 cm³/mol. The third-order valence-electron chi connectivity index (χ3n) is 2.53.